The zero-order valence-electron chi connectivity index (χ0n) is 12.3. The van der Waals surface area contributed by atoms with Crippen LogP contribution in [0.1, 0.15) is 37.3 Å². The number of hydrogen-bond acceptors (Lipinski definition) is 3. The van der Waals surface area contributed by atoms with Crippen molar-refractivity contribution < 1.29 is 14.3 Å². The van der Waals surface area contributed by atoms with Gasteiger partial charge in [-0.05, 0) is 43.5 Å². The van der Waals surface area contributed by atoms with Crippen molar-refractivity contribution in [2.45, 2.75) is 40.0 Å². The van der Waals surface area contributed by atoms with Gasteiger partial charge in [-0.25, -0.2) is 0 Å². The number of hydrogen-bond donors (Lipinski definition) is 2. The smallest absolute Gasteiger partial charge is 0.276 e. The molecule has 0 saturated heterocycles. The SMILES string of the molecule is CCCCC(=O)NNC(=O)COc1cc(C)cc(C)c1. The highest BCUT2D eigenvalue weighted by molar-refractivity contribution is 5.82. The van der Waals surface area contributed by atoms with Crippen LogP contribution in [0.4, 0.5) is 0 Å². The molecule has 0 aromatic heterocycles. The van der Waals surface area contributed by atoms with Gasteiger partial charge in [0.15, 0.2) is 6.61 Å². The summed E-state index contributed by atoms with van der Waals surface area (Å²) in [6, 6.07) is 5.75. The standard InChI is InChI=1S/C15H22N2O3/c1-4-5-6-14(18)16-17-15(19)10-20-13-8-11(2)7-12(3)9-13/h7-9H,4-6,10H2,1-3H3,(H,16,18)(H,17,19). The molecule has 0 bridgehead atoms. The molecule has 2 amide bonds. The molecular formula is C15H22N2O3. The van der Waals surface area contributed by atoms with E-state index in [0.29, 0.717) is 12.2 Å². The normalized spacial score (nSPS) is 9.95. The summed E-state index contributed by atoms with van der Waals surface area (Å²) >= 11 is 0. The van der Waals surface area contributed by atoms with Crippen LogP contribution in [0, 0.1) is 13.8 Å². The van der Waals surface area contributed by atoms with E-state index in [1.54, 1.807) is 0 Å². The molecule has 0 radical (unpaired) electrons. The highest BCUT2D eigenvalue weighted by Gasteiger charge is 2.05. The minimum absolute atomic E-state index is 0.128. The fourth-order valence-electron chi connectivity index (χ4n) is 1.74. The molecule has 0 fully saturated rings. The molecule has 2 N–H and O–H groups in total. The zero-order chi connectivity index (χ0) is 15.0. The third kappa shape index (κ3) is 6.22. The van der Waals surface area contributed by atoms with Crippen LogP contribution >= 0.6 is 0 Å². The first-order valence-corrected chi connectivity index (χ1v) is 6.80. The van der Waals surface area contributed by atoms with Gasteiger partial charge in [-0.3, -0.25) is 20.4 Å². The zero-order valence-corrected chi connectivity index (χ0v) is 12.3. The van der Waals surface area contributed by atoms with E-state index in [4.69, 9.17) is 4.74 Å². The number of ether oxygens (including phenoxy) is 1. The number of carbonyl (C=O) groups is 2. The number of benzene rings is 1. The Balaban J connectivity index is 2.31. The molecule has 0 saturated carbocycles. The van der Waals surface area contributed by atoms with Crippen LogP contribution in [0.15, 0.2) is 18.2 Å². The van der Waals surface area contributed by atoms with Gasteiger partial charge in [0.05, 0.1) is 0 Å². The first-order chi connectivity index (χ1) is 9.51. The summed E-state index contributed by atoms with van der Waals surface area (Å²) < 4.78 is 5.38. The summed E-state index contributed by atoms with van der Waals surface area (Å²) in [5.41, 5.74) is 6.84. The molecule has 1 rings (SSSR count). The minimum atomic E-state index is -0.381. The van der Waals surface area contributed by atoms with Gasteiger partial charge in [-0.1, -0.05) is 19.4 Å². The number of unbranched alkanes of at least 4 members (excludes halogenated alkanes) is 1. The summed E-state index contributed by atoms with van der Waals surface area (Å²) in [5, 5.41) is 0. The van der Waals surface area contributed by atoms with Crippen molar-refractivity contribution in [3.05, 3.63) is 29.3 Å². The third-order valence-corrected chi connectivity index (χ3v) is 2.66. The molecule has 110 valence electrons. The molecular weight excluding hydrogens is 256 g/mol. The van der Waals surface area contributed by atoms with Gasteiger partial charge in [0, 0.05) is 6.42 Å². The second-order valence-electron chi connectivity index (χ2n) is 4.81. The van der Waals surface area contributed by atoms with Crippen LogP contribution in [0.25, 0.3) is 0 Å². The summed E-state index contributed by atoms with van der Waals surface area (Å²) in [7, 11) is 0. The van der Waals surface area contributed by atoms with Crippen LogP contribution in [0.3, 0.4) is 0 Å². The van der Waals surface area contributed by atoms with E-state index in [1.807, 2.05) is 39.0 Å². The summed E-state index contributed by atoms with van der Waals surface area (Å²) in [4.78, 5) is 22.8. The minimum Gasteiger partial charge on any atom is -0.484 e. The maximum atomic E-state index is 11.5. The fourth-order valence-corrected chi connectivity index (χ4v) is 1.74. The van der Waals surface area contributed by atoms with Crippen LogP contribution in [-0.2, 0) is 9.59 Å². The number of carbonyl (C=O) groups excluding carboxylic acids is 2. The molecule has 0 atom stereocenters. The Morgan fingerprint density at radius 1 is 1.05 bits per heavy atom. The van der Waals surface area contributed by atoms with Crippen LogP contribution in [-0.4, -0.2) is 18.4 Å². The van der Waals surface area contributed by atoms with E-state index in [9.17, 15) is 9.59 Å². The molecule has 0 aliphatic carbocycles. The van der Waals surface area contributed by atoms with Gasteiger partial charge in [0.2, 0.25) is 5.91 Å². The van der Waals surface area contributed by atoms with Gasteiger partial charge < -0.3 is 4.74 Å². The van der Waals surface area contributed by atoms with Crippen molar-refractivity contribution in [2.75, 3.05) is 6.61 Å². The Bertz CT molecular complexity index is 452. The number of hydrazine groups is 1. The lowest BCUT2D eigenvalue weighted by atomic mass is 10.1. The van der Waals surface area contributed by atoms with E-state index in [1.165, 1.54) is 0 Å². The molecule has 5 heteroatoms. The van der Waals surface area contributed by atoms with E-state index in [-0.39, 0.29) is 18.4 Å². The van der Waals surface area contributed by atoms with Crippen molar-refractivity contribution in [3.63, 3.8) is 0 Å². The Kier molecular flexibility index (Phi) is 6.56. The van der Waals surface area contributed by atoms with Gasteiger partial charge >= 0.3 is 0 Å². The highest BCUT2D eigenvalue weighted by atomic mass is 16.5. The van der Waals surface area contributed by atoms with E-state index in [0.717, 1.165) is 24.0 Å². The van der Waals surface area contributed by atoms with Gasteiger partial charge in [-0.2, -0.15) is 0 Å². The van der Waals surface area contributed by atoms with Crippen LogP contribution < -0.4 is 15.6 Å². The largest absolute Gasteiger partial charge is 0.484 e. The lowest BCUT2D eigenvalue weighted by molar-refractivity contribution is -0.130. The van der Waals surface area contributed by atoms with Crippen molar-refractivity contribution in [2.24, 2.45) is 0 Å². The molecule has 20 heavy (non-hydrogen) atoms. The number of nitrogens with one attached hydrogen (secondary N) is 2. The fraction of sp³-hybridized carbons (Fsp3) is 0.467. The molecule has 0 aliphatic rings. The Morgan fingerprint density at radius 3 is 2.25 bits per heavy atom. The first kappa shape index (κ1) is 16.0. The number of rotatable bonds is 6. The predicted molar refractivity (Wildman–Crippen MR) is 77.2 cm³/mol. The summed E-state index contributed by atoms with van der Waals surface area (Å²) in [6.07, 6.45) is 2.16. The maximum absolute atomic E-state index is 11.5. The van der Waals surface area contributed by atoms with E-state index in [2.05, 4.69) is 10.9 Å². The molecule has 5 nitrogen and oxygen atoms in total. The van der Waals surface area contributed by atoms with Gasteiger partial charge in [-0.15, -0.1) is 0 Å². The Morgan fingerprint density at radius 2 is 1.65 bits per heavy atom. The average Bonchev–Trinajstić information content (AvgIpc) is 2.39. The van der Waals surface area contributed by atoms with E-state index >= 15 is 0 Å². The summed E-state index contributed by atoms with van der Waals surface area (Å²) in [5.74, 6) is 0.0792. The number of aryl methyl sites for hydroxylation is 2. The quantitative estimate of drug-likeness (QED) is 0.782. The monoisotopic (exact) mass is 278 g/mol. The molecule has 1 aromatic rings. The lowest BCUT2D eigenvalue weighted by Crippen LogP contribution is -2.43. The Hall–Kier alpha value is -2.04. The van der Waals surface area contributed by atoms with Crippen molar-refractivity contribution in [1.29, 1.82) is 0 Å². The predicted octanol–water partition coefficient (Wildman–Crippen LogP) is 2.02. The first-order valence-electron chi connectivity index (χ1n) is 6.80. The highest BCUT2D eigenvalue weighted by Crippen LogP contribution is 2.15. The van der Waals surface area contributed by atoms with Crippen molar-refractivity contribution in [1.82, 2.24) is 10.9 Å². The molecule has 1 aromatic carbocycles. The molecule has 0 unspecified atom stereocenters. The second kappa shape index (κ2) is 8.19. The van der Waals surface area contributed by atoms with Gasteiger partial charge in [0.25, 0.3) is 5.91 Å². The third-order valence-electron chi connectivity index (χ3n) is 2.66. The second-order valence-corrected chi connectivity index (χ2v) is 4.81. The molecule has 0 heterocycles. The topological polar surface area (TPSA) is 67.4 Å². The van der Waals surface area contributed by atoms with Crippen molar-refractivity contribution in [3.8, 4) is 5.75 Å². The maximum Gasteiger partial charge on any atom is 0.276 e. The van der Waals surface area contributed by atoms with Crippen LogP contribution in [0.2, 0.25) is 0 Å². The number of amides is 2. The Labute approximate surface area is 119 Å². The van der Waals surface area contributed by atoms with E-state index < -0.39 is 0 Å². The lowest BCUT2D eigenvalue weighted by Gasteiger charge is -2.09. The molecule has 0 spiro atoms. The molecule has 0 aliphatic heterocycles. The van der Waals surface area contributed by atoms with Gasteiger partial charge in [0.1, 0.15) is 5.75 Å². The van der Waals surface area contributed by atoms with Crippen molar-refractivity contribution >= 4 is 11.8 Å². The summed E-state index contributed by atoms with van der Waals surface area (Å²) in [6.45, 7) is 5.81. The average molecular weight is 278 g/mol. The van der Waals surface area contributed by atoms with Crippen LogP contribution in [0.5, 0.6) is 5.75 Å².